The summed E-state index contributed by atoms with van der Waals surface area (Å²) in [7, 11) is 0. The molecule has 2 aromatic rings. The molecule has 0 saturated carbocycles. The van der Waals surface area contributed by atoms with Crippen molar-refractivity contribution in [2.75, 3.05) is 26.2 Å². The summed E-state index contributed by atoms with van der Waals surface area (Å²) in [6.07, 6.45) is 6.82. The number of aromatic nitrogens is 2. The van der Waals surface area contributed by atoms with Gasteiger partial charge in [0.1, 0.15) is 5.82 Å². The molecule has 0 aromatic carbocycles. The molecule has 7 heteroatoms. The molecule has 1 fully saturated rings. The minimum absolute atomic E-state index is 0.0477. The molecule has 0 radical (unpaired) electrons. The maximum Gasteiger partial charge on any atom is 0.317 e. The van der Waals surface area contributed by atoms with Crippen molar-refractivity contribution in [2.24, 2.45) is 0 Å². The molecule has 1 saturated heterocycles. The van der Waals surface area contributed by atoms with Crippen LogP contribution >= 0.6 is 0 Å². The first-order valence-electron chi connectivity index (χ1n) is 7.55. The third kappa shape index (κ3) is 3.14. The lowest BCUT2D eigenvalue weighted by molar-refractivity contribution is 0.0896. The van der Waals surface area contributed by atoms with E-state index in [4.69, 9.17) is 4.42 Å². The minimum Gasteiger partial charge on any atom is -0.472 e. The zero-order valence-corrected chi connectivity index (χ0v) is 12.7. The van der Waals surface area contributed by atoms with Crippen LogP contribution in [0.25, 0.3) is 0 Å². The normalized spacial score (nSPS) is 19.3. The molecule has 3 rings (SSSR count). The Morgan fingerprint density at radius 3 is 3.14 bits per heavy atom. The first-order valence-corrected chi connectivity index (χ1v) is 7.55. The number of likely N-dealkylation sites (N-methyl/N-ethyl adjacent to an activating group) is 1. The Labute approximate surface area is 129 Å². The van der Waals surface area contributed by atoms with Gasteiger partial charge >= 0.3 is 6.03 Å². The maximum absolute atomic E-state index is 12.3. The van der Waals surface area contributed by atoms with Crippen molar-refractivity contribution in [3.63, 3.8) is 0 Å². The molecule has 1 aliphatic rings. The summed E-state index contributed by atoms with van der Waals surface area (Å²) < 4.78 is 5.00. The van der Waals surface area contributed by atoms with Crippen LogP contribution in [0.2, 0.25) is 0 Å². The Kier molecular flexibility index (Phi) is 4.43. The number of carbonyl (C=O) groups is 1. The monoisotopic (exact) mass is 303 g/mol. The first-order chi connectivity index (χ1) is 10.8. The number of urea groups is 1. The number of nitrogens with zero attached hydrogens (tertiary/aromatic N) is 3. The molecular weight excluding hydrogens is 282 g/mol. The van der Waals surface area contributed by atoms with E-state index in [0.29, 0.717) is 13.1 Å². The summed E-state index contributed by atoms with van der Waals surface area (Å²) in [5.74, 6) is 0.911. The van der Waals surface area contributed by atoms with Crippen molar-refractivity contribution >= 4 is 6.03 Å². The summed E-state index contributed by atoms with van der Waals surface area (Å²) in [5.41, 5.74) is 0.961. The number of piperazine rings is 1. The van der Waals surface area contributed by atoms with E-state index in [0.717, 1.165) is 31.0 Å². The van der Waals surface area contributed by atoms with Gasteiger partial charge in [-0.25, -0.2) is 9.78 Å². The van der Waals surface area contributed by atoms with E-state index >= 15 is 0 Å². The van der Waals surface area contributed by atoms with Gasteiger partial charge in [0.15, 0.2) is 0 Å². The number of aromatic amines is 1. The predicted octanol–water partition coefficient (Wildman–Crippen LogP) is 1.59. The van der Waals surface area contributed by atoms with Crippen LogP contribution in [0.4, 0.5) is 4.79 Å². The van der Waals surface area contributed by atoms with Crippen LogP contribution in [0.3, 0.4) is 0 Å². The fourth-order valence-corrected chi connectivity index (χ4v) is 2.79. The van der Waals surface area contributed by atoms with Gasteiger partial charge in [-0.2, -0.15) is 0 Å². The molecule has 7 nitrogen and oxygen atoms in total. The topological polar surface area (TPSA) is 77.4 Å². The van der Waals surface area contributed by atoms with Crippen LogP contribution in [0, 0.1) is 0 Å². The molecule has 0 unspecified atom stereocenters. The van der Waals surface area contributed by atoms with Crippen molar-refractivity contribution in [1.82, 2.24) is 25.1 Å². The van der Waals surface area contributed by atoms with E-state index in [1.165, 1.54) is 0 Å². The van der Waals surface area contributed by atoms with Crippen molar-refractivity contribution in [2.45, 2.75) is 19.5 Å². The summed E-state index contributed by atoms with van der Waals surface area (Å²) in [4.78, 5) is 24.0. The second-order valence-corrected chi connectivity index (χ2v) is 5.36. The number of rotatable bonds is 4. The molecule has 2 N–H and O–H groups in total. The molecule has 2 amide bonds. The van der Waals surface area contributed by atoms with Gasteiger partial charge < -0.3 is 19.6 Å². The second kappa shape index (κ2) is 6.65. The van der Waals surface area contributed by atoms with Gasteiger partial charge in [-0.1, -0.05) is 6.92 Å². The highest BCUT2D eigenvalue weighted by molar-refractivity contribution is 5.74. The van der Waals surface area contributed by atoms with Crippen molar-refractivity contribution < 1.29 is 9.21 Å². The van der Waals surface area contributed by atoms with Gasteiger partial charge in [-0.15, -0.1) is 0 Å². The standard InChI is InChI=1S/C15H21N5O2/c1-2-19-6-7-20(10-13(19)14-16-4-5-17-14)15(21)18-9-12-3-8-22-11-12/h3-5,8,11,13H,2,6-7,9-10H2,1H3,(H,16,17)(H,18,21)/t13-/m1/s1. The van der Waals surface area contributed by atoms with Gasteiger partial charge in [0.2, 0.25) is 0 Å². The highest BCUT2D eigenvalue weighted by Crippen LogP contribution is 2.22. The Balaban J connectivity index is 1.61. The number of carbonyl (C=O) groups excluding carboxylic acids is 1. The molecule has 1 atom stereocenters. The summed E-state index contributed by atoms with van der Waals surface area (Å²) in [6.45, 7) is 5.76. The number of furan rings is 1. The fraction of sp³-hybridized carbons (Fsp3) is 0.467. The number of hydrogen-bond acceptors (Lipinski definition) is 4. The Morgan fingerprint density at radius 1 is 1.55 bits per heavy atom. The van der Waals surface area contributed by atoms with Crippen LogP contribution in [-0.4, -0.2) is 52.0 Å². The summed E-state index contributed by atoms with van der Waals surface area (Å²) in [6, 6.07) is 1.92. The molecular formula is C15H21N5O2. The van der Waals surface area contributed by atoms with Crippen molar-refractivity contribution in [3.05, 3.63) is 42.4 Å². The van der Waals surface area contributed by atoms with E-state index in [2.05, 4.69) is 27.1 Å². The number of H-pyrrole nitrogens is 1. The van der Waals surface area contributed by atoms with E-state index in [9.17, 15) is 4.79 Å². The quantitative estimate of drug-likeness (QED) is 0.899. The van der Waals surface area contributed by atoms with Gasteiger partial charge in [0.05, 0.1) is 18.6 Å². The molecule has 2 aromatic heterocycles. The van der Waals surface area contributed by atoms with Gasteiger partial charge in [0, 0.05) is 44.1 Å². The zero-order chi connectivity index (χ0) is 15.4. The van der Waals surface area contributed by atoms with Crippen LogP contribution in [-0.2, 0) is 6.54 Å². The lowest BCUT2D eigenvalue weighted by Crippen LogP contribution is -2.53. The first kappa shape index (κ1) is 14.6. The summed E-state index contributed by atoms with van der Waals surface area (Å²) in [5, 5.41) is 2.93. The lowest BCUT2D eigenvalue weighted by Gasteiger charge is -2.39. The minimum atomic E-state index is -0.0477. The molecule has 118 valence electrons. The maximum atomic E-state index is 12.3. The third-order valence-electron chi connectivity index (χ3n) is 4.04. The Hall–Kier alpha value is -2.28. The number of hydrogen-bond donors (Lipinski definition) is 2. The van der Waals surface area contributed by atoms with Crippen LogP contribution in [0.1, 0.15) is 24.4 Å². The number of nitrogens with one attached hydrogen (secondary N) is 2. The van der Waals surface area contributed by atoms with Crippen LogP contribution in [0.15, 0.2) is 35.4 Å². The highest BCUT2D eigenvalue weighted by atomic mass is 16.3. The highest BCUT2D eigenvalue weighted by Gasteiger charge is 2.31. The summed E-state index contributed by atoms with van der Waals surface area (Å²) >= 11 is 0. The van der Waals surface area contributed by atoms with Gasteiger partial charge in [-0.05, 0) is 12.6 Å². The van der Waals surface area contributed by atoms with E-state index in [-0.39, 0.29) is 12.1 Å². The predicted molar refractivity (Wildman–Crippen MR) is 81.1 cm³/mol. The van der Waals surface area contributed by atoms with Gasteiger partial charge in [0.25, 0.3) is 0 Å². The van der Waals surface area contributed by atoms with E-state index in [1.54, 1.807) is 18.7 Å². The molecule has 0 bridgehead atoms. The Bertz CT molecular complexity index is 581. The molecule has 0 spiro atoms. The van der Waals surface area contributed by atoms with Crippen LogP contribution in [0.5, 0.6) is 0 Å². The largest absolute Gasteiger partial charge is 0.472 e. The fourth-order valence-electron chi connectivity index (χ4n) is 2.79. The van der Waals surface area contributed by atoms with Crippen LogP contribution < -0.4 is 5.32 Å². The third-order valence-corrected chi connectivity index (χ3v) is 4.04. The van der Waals surface area contributed by atoms with Crippen molar-refractivity contribution in [3.8, 4) is 0 Å². The van der Waals surface area contributed by atoms with Gasteiger partial charge in [-0.3, -0.25) is 4.90 Å². The molecule has 1 aliphatic heterocycles. The zero-order valence-electron chi connectivity index (χ0n) is 12.7. The van der Waals surface area contributed by atoms with E-state index < -0.39 is 0 Å². The second-order valence-electron chi connectivity index (χ2n) is 5.36. The lowest BCUT2D eigenvalue weighted by atomic mass is 10.1. The molecule has 22 heavy (non-hydrogen) atoms. The average Bonchev–Trinajstić information content (AvgIpc) is 3.25. The number of imidazole rings is 1. The van der Waals surface area contributed by atoms with Crippen molar-refractivity contribution in [1.29, 1.82) is 0 Å². The molecule has 3 heterocycles. The SMILES string of the molecule is CCN1CCN(C(=O)NCc2ccoc2)C[C@@H]1c1ncc[nH]1. The molecule has 0 aliphatic carbocycles. The van der Waals surface area contributed by atoms with E-state index in [1.807, 2.05) is 17.2 Å². The number of amides is 2. The average molecular weight is 303 g/mol. The smallest absolute Gasteiger partial charge is 0.317 e. The Morgan fingerprint density at radius 2 is 2.45 bits per heavy atom.